The maximum absolute atomic E-state index is 10.4. The Labute approximate surface area is 94.1 Å². The minimum absolute atomic E-state index is 0.335. The molecule has 1 aromatic heterocycles. The predicted octanol–water partition coefficient (Wildman–Crippen LogP) is 2.01. The van der Waals surface area contributed by atoms with E-state index in [4.69, 9.17) is 4.74 Å². The molecule has 1 aliphatic carbocycles. The number of rotatable bonds is 3. The van der Waals surface area contributed by atoms with E-state index < -0.39 is 5.60 Å². The molecule has 0 bridgehead atoms. The standard InChI is InChI=1S/C11H17NO2S/c1-14-9-2-4-11(13,5-3-9)8-10-12-6-7-15-10/h6-7,9,13H,2-5,8H2,1H3. The number of methoxy groups -OCH3 is 1. The zero-order valence-corrected chi connectivity index (χ0v) is 9.80. The predicted molar refractivity (Wildman–Crippen MR) is 60.0 cm³/mol. The lowest BCUT2D eigenvalue weighted by Gasteiger charge is -2.34. The molecule has 15 heavy (non-hydrogen) atoms. The average molecular weight is 227 g/mol. The van der Waals surface area contributed by atoms with E-state index in [1.807, 2.05) is 5.38 Å². The van der Waals surface area contributed by atoms with E-state index in [0.717, 1.165) is 30.7 Å². The summed E-state index contributed by atoms with van der Waals surface area (Å²) in [6.45, 7) is 0. The molecule has 0 atom stereocenters. The highest BCUT2D eigenvalue weighted by atomic mass is 32.1. The number of aromatic nitrogens is 1. The number of thiazole rings is 1. The van der Waals surface area contributed by atoms with E-state index in [2.05, 4.69) is 4.98 Å². The van der Waals surface area contributed by atoms with Gasteiger partial charge in [0.25, 0.3) is 0 Å². The Morgan fingerprint density at radius 3 is 2.87 bits per heavy atom. The van der Waals surface area contributed by atoms with Crippen LogP contribution in [0.2, 0.25) is 0 Å². The van der Waals surface area contributed by atoms with Crippen LogP contribution in [0.15, 0.2) is 11.6 Å². The summed E-state index contributed by atoms with van der Waals surface area (Å²) in [6.07, 6.45) is 6.39. The van der Waals surface area contributed by atoms with E-state index in [0.29, 0.717) is 12.5 Å². The zero-order valence-electron chi connectivity index (χ0n) is 8.98. The summed E-state index contributed by atoms with van der Waals surface area (Å²) in [4.78, 5) is 4.22. The van der Waals surface area contributed by atoms with Gasteiger partial charge in [-0.2, -0.15) is 0 Å². The quantitative estimate of drug-likeness (QED) is 0.859. The van der Waals surface area contributed by atoms with Crippen LogP contribution in [0.3, 0.4) is 0 Å². The Bertz CT molecular complexity index is 292. The molecule has 1 fully saturated rings. The van der Waals surface area contributed by atoms with Crippen molar-refractivity contribution in [1.29, 1.82) is 0 Å². The lowest BCUT2D eigenvalue weighted by molar-refractivity contribution is -0.0427. The molecule has 1 aromatic rings. The van der Waals surface area contributed by atoms with Crippen LogP contribution in [0.5, 0.6) is 0 Å². The molecule has 0 spiro atoms. The Morgan fingerprint density at radius 1 is 1.60 bits per heavy atom. The SMILES string of the molecule is COC1CCC(O)(Cc2nccs2)CC1. The minimum Gasteiger partial charge on any atom is -0.389 e. The van der Waals surface area contributed by atoms with E-state index >= 15 is 0 Å². The van der Waals surface area contributed by atoms with Gasteiger partial charge in [-0.1, -0.05) is 0 Å². The zero-order chi connectivity index (χ0) is 10.7. The third-order valence-corrected chi connectivity index (χ3v) is 3.94. The fourth-order valence-electron chi connectivity index (χ4n) is 2.16. The molecule has 0 saturated heterocycles. The lowest BCUT2D eigenvalue weighted by Crippen LogP contribution is -2.38. The fraction of sp³-hybridized carbons (Fsp3) is 0.727. The maximum Gasteiger partial charge on any atom is 0.0953 e. The summed E-state index contributed by atoms with van der Waals surface area (Å²) in [5.41, 5.74) is -0.549. The Kier molecular flexibility index (Phi) is 3.38. The van der Waals surface area contributed by atoms with Gasteiger partial charge in [-0.3, -0.25) is 0 Å². The molecule has 0 unspecified atom stereocenters. The molecule has 1 heterocycles. The summed E-state index contributed by atoms with van der Waals surface area (Å²) in [5.74, 6) is 0. The van der Waals surface area contributed by atoms with Gasteiger partial charge in [0.05, 0.1) is 16.7 Å². The molecular formula is C11H17NO2S. The minimum atomic E-state index is -0.549. The summed E-state index contributed by atoms with van der Waals surface area (Å²) in [6, 6.07) is 0. The maximum atomic E-state index is 10.4. The third kappa shape index (κ3) is 2.77. The highest BCUT2D eigenvalue weighted by Crippen LogP contribution is 2.32. The average Bonchev–Trinajstić information content (AvgIpc) is 2.71. The molecule has 4 heteroatoms. The first-order chi connectivity index (χ1) is 7.22. The molecule has 0 aromatic carbocycles. The van der Waals surface area contributed by atoms with Crippen molar-refractivity contribution in [3.63, 3.8) is 0 Å². The Morgan fingerprint density at radius 2 is 2.33 bits per heavy atom. The number of aliphatic hydroxyl groups is 1. The molecule has 0 aliphatic heterocycles. The van der Waals surface area contributed by atoms with Gasteiger partial charge in [-0.15, -0.1) is 11.3 Å². The fourth-order valence-corrected chi connectivity index (χ4v) is 2.92. The van der Waals surface area contributed by atoms with E-state index in [9.17, 15) is 5.11 Å². The highest BCUT2D eigenvalue weighted by Gasteiger charge is 2.33. The molecular weight excluding hydrogens is 210 g/mol. The van der Waals surface area contributed by atoms with E-state index in [-0.39, 0.29) is 0 Å². The lowest BCUT2D eigenvalue weighted by atomic mass is 9.81. The van der Waals surface area contributed by atoms with Crippen LogP contribution in [0, 0.1) is 0 Å². The second-order valence-electron chi connectivity index (χ2n) is 4.26. The third-order valence-electron chi connectivity index (χ3n) is 3.16. The number of hydrogen-bond donors (Lipinski definition) is 1. The smallest absolute Gasteiger partial charge is 0.0953 e. The topological polar surface area (TPSA) is 42.4 Å². The van der Waals surface area contributed by atoms with Crippen molar-refractivity contribution in [3.8, 4) is 0 Å². The summed E-state index contributed by atoms with van der Waals surface area (Å²) in [7, 11) is 1.75. The van der Waals surface area contributed by atoms with Crippen molar-refractivity contribution in [3.05, 3.63) is 16.6 Å². The van der Waals surface area contributed by atoms with Gasteiger partial charge < -0.3 is 9.84 Å². The van der Waals surface area contributed by atoms with Gasteiger partial charge in [-0.05, 0) is 25.7 Å². The van der Waals surface area contributed by atoms with Crippen LogP contribution in [-0.2, 0) is 11.2 Å². The molecule has 1 aliphatic rings. The number of nitrogens with zero attached hydrogens (tertiary/aromatic N) is 1. The van der Waals surface area contributed by atoms with Crippen LogP contribution in [0.4, 0.5) is 0 Å². The van der Waals surface area contributed by atoms with Gasteiger partial charge in [0.15, 0.2) is 0 Å². The molecule has 0 amide bonds. The number of hydrogen-bond acceptors (Lipinski definition) is 4. The van der Waals surface area contributed by atoms with Crippen LogP contribution in [0.25, 0.3) is 0 Å². The summed E-state index contributed by atoms with van der Waals surface area (Å²) >= 11 is 1.62. The molecule has 2 rings (SSSR count). The van der Waals surface area contributed by atoms with Gasteiger partial charge in [-0.25, -0.2) is 4.98 Å². The second-order valence-corrected chi connectivity index (χ2v) is 5.24. The Balaban J connectivity index is 1.92. The van der Waals surface area contributed by atoms with E-state index in [1.54, 1.807) is 24.6 Å². The van der Waals surface area contributed by atoms with Crippen molar-refractivity contribution in [2.75, 3.05) is 7.11 Å². The summed E-state index contributed by atoms with van der Waals surface area (Å²) in [5, 5.41) is 13.4. The van der Waals surface area contributed by atoms with Gasteiger partial charge >= 0.3 is 0 Å². The largest absolute Gasteiger partial charge is 0.389 e. The molecule has 1 N–H and O–H groups in total. The van der Waals surface area contributed by atoms with Gasteiger partial charge in [0, 0.05) is 25.1 Å². The molecule has 3 nitrogen and oxygen atoms in total. The van der Waals surface area contributed by atoms with Gasteiger partial charge in [0.2, 0.25) is 0 Å². The van der Waals surface area contributed by atoms with Gasteiger partial charge in [0.1, 0.15) is 0 Å². The summed E-state index contributed by atoms with van der Waals surface area (Å²) < 4.78 is 5.30. The van der Waals surface area contributed by atoms with Crippen LogP contribution >= 0.6 is 11.3 Å². The monoisotopic (exact) mass is 227 g/mol. The van der Waals surface area contributed by atoms with Crippen molar-refractivity contribution < 1.29 is 9.84 Å². The first kappa shape index (κ1) is 11.0. The first-order valence-corrected chi connectivity index (χ1v) is 6.23. The number of ether oxygens (including phenoxy) is 1. The van der Waals surface area contributed by atoms with Crippen molar-refractivity contribution in [1.82, 2.24) is 4.98 Å². The Hall–Kier alpha value is -0.450. The van der Waals surface area contributed by atoms with Crippen LogP contribution in [-0.4, -0.2) is 28.9 Å². The molecule has 0 radical (unpaired) electrons. The molecule has 84 valence electrons. The van der Waals surface area contributed by atoms with Crippen LogP contribution in [0.1, 0.15) is 30.7 Å². The van der Waals surface area contributed by atoms with Crippen molar-refractivity contribution in [2.24, 2.45) is 0 Å². The van der Waals surface area contributed by atoms with Crippen LogP contribution < -0.4 is 0 Å². The highest BCUT2D eigenvalue weighted by molar-refractivity contribution is 7.09. The second kappa shape index (κ2) is 4.60. The first-order valence-electron chi connectivity index (χ1n) is 5.35. The van der Waals surface area contributed by atoms with E-state index in [1.165, 1.54) is 0 Å². The molecule has 1 saturated carbocycles. The normalized spacial score (nSPS) is 31.7. The van der Waals surface area contributed by atoms with Crippen molar-refractivity contribution >= 4 is 11.3 Å². The van der Waals surface area contributed by atoms with Crippen molar-refractivity contribution in [2.45, 2.75) is 43.8 Å².